The van der Waals surface area contributed by atoms with Crippen LogP contribution in [0.15, 0.2) is 28.7 Å². The van der Waals surface area contributed by atoms with E-state index >= 15 is 0 Å². The molecule has 0 bridgehead atoms. The summed E-state index contributed by atoms with van der Waals surface area (Å²) in [7, 11) is 0. The summed E-state index contributed by atoms with van der Waals surface area (Å²) in [4.78, 5) is 0. The second-order valence-corrected chi connectivity index (χ2v) is 7.47. The van der Waals surface area contributed by atoms with Crippen LogP contribution in [-0.4, -0.2) is 31.4 Å². The molecule has 0 amide bonds. The van der Waals surface area contributed by atoms with Crippen LogP contribution in [0.1, 0.15) is 45.3 Å². The lowest BCUT2D eigenvalue weighted by Crippen LogP contribution is -2.27. The van der Waals surface area contributed by atoms with E-state index in [2.05, 4.69) is 60.2 Å². The van der Waals surface area contributed by atoms with E-state index in [1.54, 1.807) is 0 Å². The first-order valence-corrected chi connectivity index (χ1v) is 8.48. The van der Waals surface area contributed by atoms with Crippen LogP contribution in [0.3, 0.4) is 0 Å². The first-order chi connectivity index (χ1) is 9.94. The molecule has 1 saturated carbocycles. The Morgan fingerprint density at radius 1 is 1.29 bits per heavy atom. The van der Waals surface area contributed by atoms with Crippen LogP contribution in [-0.2, 0) is 9.47 Å². The van der Waals surface area contributed by atoms with Gasteiger partial charge in [0, 0.05) is 17.1 Å². The highest BCUT2D eigenvalue weighted by atomic mass is 79.9. The first kappa shape index (κ1) is 16.9. The fraction of sp³-hybridized carbons (Fsp3) is 0.647. The molecule has 0 aliphatic heterocycles. The van der Waals surface area contributed by atoms with Crippen molar-refractivity contribution in [2.24, 2.45) is 0 Å². The molecule has 0 aromatic heterocycles. The molecule has 1 N–H and O–H groups in total. The van der Waals surface area contributed by atoms with Crippen molar-refractivity contribution in [1.82, 2.24) is 5.32 Å². The Labute approximate surface area is 136 Å². The van der Waals surface area contributed by atoms with E-state index < -0.39 is 0 Å². The Hall–Kier alpha value is -0.420. The topological polar surface area (TPSA) is 30.5 Å². The van der Waals surface area contributed by atoms with Crippen molar-refractivity contribution < 1.29 is 9.47 Å². The van der Waals surface area contributed by atoms with E-state index in [-0.39, 0.29) is 11.7 Å². The largest absolute Gasteiger partial charge is 0.373 e. The van der Waals surface area contributed by atoms with Gasteiger partial charge in [0.15, 0.2) is 0 Å². The lowest BCUT2D eigenvalue weighted by atomic mass is 10.1. The Morgan fingerprint density at radius 3 is 2.67 bits per heavy atom. The van der Waals surface area contributed by atoms with Gasteiger partial charge in [-0.15, -0.1) is 0 Å². The van der Waals surface area contributed by atoms with E-state index in [0.717, 1.165) is 11.0 Å². The van der Waals surface area contributed by atoms with E-state index in [1.165, 1.54) is 18.4 Å². The maximum Gasteiger partial charge on any atom is 0.0950 e. The summed E-state index contributed by atoms with van der Waals surface area (Å²) in [6.07, 6.45) is 2.66. The van der Waals surface area contributed by atoms with Gasteiger partial charge in [-0.25, -0.2) is 0 Å². The minimum Gasteiger partial charge on any atom is -0.373 e. The van der Waals surface area contributed by atoms with Crippen molar-refractivity contribution in [1.29, 1.82) is 0 Å². The summed E-state index contributed by atoms with van der Waals surface area (Å²) in [6, 6.07) is 9.03. The molecular weight excluding hydrogens is 330 g/mol. The van der Waals surface area contributed by atoms with E-state index in [0.29, 0.717) is 19.3 Å². The predicted molar refractivity (Wildman–Crippen MR) is 89.6 cm³/mol. The molecule has 3 nitrogen and oxygen atoms in total. The quantitative estimate of drug-likeness (QED) is 0.712. The maximum atomic E-state index is 6.05. The fourth-order valence-corrected chi connectivity index (χ4v) is 2.50. The molecule has 1 aliphatic rings. The number of hydrogen-bond acceptors (Lipinski definition) is 3. The summed E-state index contributed by atoms with van der Waals surface area (Å²) in [5.41, 5.74) is 1.09. The van der Waals surface area contributed by atoms with Crippen LogP contribution >= 0.6 is 15.9 Å². The molecule has 0 saturated heterocycles. The third-order valence-electron chi connectivity index (χ3n) is 3.33. The highest BCUT2D eigenvalue weighted by Crippen LogP contribution is 2.24. The smallest absolute Gasteiger partial charge is 0.0950 e. The minimum atomic E-state index is -0.110. The highest BCUT2D eigenvalue weighted by molar-refractivity contribution is 9.10. The maximum absolute atomic E-state index is 6.05. The number of hydrogen-bond donors (Lipinski definition) is 1. The lowest BCUT2D eigenvalue weighted by molar-refractivity contribution is -0.0519. The highest BCUT2D eigenvalue weighted by Gasteiger charge is 2.23. The summed E-state index contributed by atoms with van der Waals surface area (Å²) < 4.78 is 12.9. The molecule has 4 heteroatoms. The summed E-state index contributed by atoms with van der Waals surface area (Å²) in [6.45, 7) is 8.28. The Balaban J connectivity index is 1.85. The van der Waals surface area contributed by atoms with Gasteiger partial charge in [-0.1, -0.05) is 28.1 Å². The van der Waals surface area contributed by atoms with E-state index in [4.69, 9.17) is 9.47 Å². The summed E-state index contributed by atoms with van der Waals surface area (Å²) >= 11 is 3.53. The Bertz CT molecular complexity index is 441. The third kappa shape index (κ3) is 6.92. The zero-order chi connectivity index (χ0) is 15.3. The average Bonchev–Trinajstić information content (AvgIpc) is 3.20. The minimum absolute atomic E-state index is 0.0756. The van der Waals surface area contributed by atoms with Gasteiger partial charge in [-0.2, -0.15) is 0 Å². The number of rotatable bonds is 8. The molecule has 0 radical (unpaired) electrons. The van der Waals surface area contributed by atoms with Crippen LogP contribution in [0.2, 0.25) is 0 Å². The molecular formula is C17H26BrNO2. The van der Waals surface area contributed by atoms with Crippen LogP contribution < -0.4 is 5.32 Å². The number of ether oxygens (including phenoxy) is 2. The first-order valence-electron chi connectivity index (χ1n) is 7.68. The summed E-state index contributed by atoms with van der Waals surface area (Å²) in [5, 5.41) is 3.55. The van der Waals surface area contributed by atoms with Gasteiger partial charge in [0.2, 0.25) is 0 Å². The average molecular weight is 356 g/mol. The van der Waals surface area contributed by atoms with Gasteiger partial charge in [0.05, 0.1) is 24.9 Å². The standard InChI is InChI=1S/C17H26BrNO2/c1-17(2,3)21-10-9-20-16(12-19-15-7-8-15)13-5-4-6-14(18)11-13/h4-6,11,15-16,19H,7-10,12H2,1-3H3. The molecule has 118 valence electrons. The second-order valence-electron chi connectivity index (χ2n) is 6.56. The number of nitrogens with one attached hydrogen (secondary N) is 1. The fourth-order valence-electron chi connectivity index (χ4n) is 2.08. The van der Waals surface area contributed by atoms with Crippen molar-refractivity contribution in [3.63, 3.8) is 0 Å². The molecule has 1 atom stereocenters. The number of benzene rings is 1. The molecule has 1 unspecified atom stereocenters. The monoisotopic (exact) mass is 355 g/mol. The molecule has 1 fully saturated rings. The molecule has 1 aromatic carbocycles. The van der Waals surface area contributed by atoms with Crippen LogP contribution in [0.25, 0.3) is 0 Å². The van der Waals surface area contributed by atoms with Gasteiger partial charge in [0.1, 0.15) is 0 Å². The lowest BCUT2D eigenvalue weighted by Gasteiger charge is -2.22. The second kappa shape index (κ2) is 7.73. The molecule has 21 heavy (non-hydrogen) atoms. The van der Waals surface area contributed by atoms with Crippen molar-refractivity contribution in [2.75, 3.05) is 19.8 Å². The molecule has 1 aliphatic carbocycles. The van der Waals surface area contributed by atoms with E-state index in [1.807, 2.05) is 6.07 Å². The molecule has 0 heterocycles. The zero-order valence-corrected chi connectivity index (χ0v) is 14.8. The van der Waals surface area contributed by atoms with Crippen LogP contribution in [0, 0.1) is 0 Å². The Morgan fingerprint density at radius 2 is 2.05 bits per heavy atom. The third-order valence-corrected chi connectivity index (χ3v) is 3.82. The van der Waals surface area contributed by atoms with Gasteiger partial charge < -0.3 is 14.8 Å². The van der Waals surface area contributed by atoms with Gasteiger partial charge in [0.25, 0.3) is 0 Å². The normalized spacial score (nSPS) is 17.0. The molecule has 0 spiro atoms. The van der Waals surface area contributed by atoms with Crippen molar-refractivity contribution >= 4 is 15.9 Å². The van der Waals surface area contributed by atoms with E-state index in [9.17, 15) is 0 Å². The molecule has 1 aromatic rings. The molecule has 2 rings (SSSR count). The van der Waals surface area contributed by atoms with Crippen LogP contribution in [0.4, 0.5) is 0 Å². The van der Waals surface area contributed by atoms with Gasteiger partial charge >= 0.3 is 0 Å². The van der Waals surface area contributed by atoms with Crippen molar-refractivity contribution in [2.45, 2.75) is 51.4 Å². The SMILES string of the molecule is CC(C)(C)OCCOC(CNC1CC1)c1cccc(Br)c1. The van der Waals surface area contributed by atoms with Crippen molar-refractivity contribution in [3.05, 3.63) is 34.3 Å². The van der Waals surface area contributed by atoms with Crippen LogP contribution in [0.5, 0.6) is 0 Å². The summed E-state index contributed by atoms with van der Waals surface area (Å²) in [5.74, 6) is 0. The van der Waals surface area contributed by atoms with Crippen molar-refractivity contribution in [3.8, 4) is 0 Å². The zero-order valence-electron chi connectivity index (χ0n) is 13.2. The van der Waals surface area contributed by atoms with Gasteiger partial charge in [-0.05, 0) is 51.3 Å². The number of halogens is 1. The van der Waals surface area contributed by atoms with Gasteiger partial charge in [-0.3, -0.25) is 0 Å². The predicted octanol–water partition coefficient (Wildman–Crippen LogP) is 4.07. The Kier molecular flexibility index (Phi) is 6.23.